The van der Waals surface area contributed by atoms with Crippen LogP contribution in [0.25, 0.3) is 15.9 Å². The van der Waals surface area contributed by atoms with Gasteiger partial charge in [-0.1, -0.05) is 60.3 Å². The number of thioether (sulfide) groups is 1. The first-order valence-corrected chi connectivity index (χ1v) is 12.0. The number of likely N-dealkylation sites (N-methyl/N-ethyl adjacent to an activating group) is 1. The molecule has 30 heavy (non-hydrogen) atoms. The van der Waals surface area contributed by atoms with Crippen molar-refractivity contribution in [3.05, 3.63) is 87.0 Å². The van der Waals surface area contributed by atoms with E-state index in [1.807, 2.05) is 41.0 Å². The third-order valence-corrected chi connectivity index (χ3v) is 7.56. The van der Waals surface area contributed by atoms with Crippen molar-refractivity contribution in [3.63, 3.8) is 0 Å². The molecule has 6 heteroatoms. The molecule has 152 valence electrons. The Morgan fingerprint density at radius 1 is 1.07 bits per heavy atom. The Balaban J connectivity index is 1.58. The first-order chi connectivity index (χ1) is 14.7. The fourth-order valence-electron chi connectivity index (χ4n) is 3.96. The zero-order chi connectivity index (χ0) is 20.5. The first kappa shape index (κ1) is 19.5. The van der Waals surface area contributed by atoms with Crippen molar-refractivity contribution in [2.75, 3.05) is 19.3 Å². The molecule has 1 aliphatic heterocycles. The minimum absolute atomic E-state index is 0.0652. The highest BCUT2D eigenvalue weighted by Gasteiger charge is 2.24. The molecule has 2 aromatic carbocycles. The third-order valence-electron chi connectivity index (χ3n) is 5.51. The molecule has 0 aliphatic carbocycles. The Kier molecular flexibility index (Phi) is 5.46. The fraction of sp³-hybridized carbons (Fsp3) is 0.250. The highest BCUT2D eigenvalue weighted by molar-refractivity contribution is 7.99. The minimum atomic E-state index is 0.0652. The van der Waals surface area contributed by atoms with Gasteiger partial charge in [-0.3, -0.25) is 9.36 Å². The molecule has 0 amide bonds. The summed E-state index contributed by atoms with van der Waals surface area (Å²) in [6.07, 6.45) is 1.86. The number of rotatable bonds is 5. The number of hydrogen-bond acceptors (Lipinski definition) is 5. The van der Waals surface area contributed by atoms with Crippen LogP contribution in [0.2, 0.25) is 0 Å². The maximum atomic E-state index is 13.7. The van der Waals surface area contributed by atoms with E-state index in [2.05, 4.69) is 36.2 Å². The molecule has 4 nitrogen and oxygen atoms in total. The van der Waals surface area contributed by atoms with Gasteiger partial charge in [0.2, 0.25) is 0 Å². The van der Waals surface area contributed by atoms with Crippen molar-refractivity contribution < 1.29 is 0 Å². The van der Waals surface area contributed by atoms with Crippen LogP contribution in [0.5, 0.6) is 0 Å². The van der Waals surface area contributed by atoms with Crippen molar-refractivity contribution in [1.82, 2.24) is 14.5 Å². The van der Waals surface area contributed by atoms with E-state index < -0.39 is 0 Å². The second-order valence-corrected chi connectivity index (χ2v) is 9.77. The summed E-state index contributed by atoms with van der Waals surface area (Å²) in [5.74, 6) is 0.878. The molecule has 0 radical (unpaired) electrons. The predicted octanol–water partition coefficient (Wildman–Crippen LogP) is 4.77. The van der Waals surface area contributed by atoms with Gasteiger partial charge in [-0.2, -0.15) is 0 Å². The molecule has 0 spiro atoms. The highest BCUT2D eigenvalue weighted by Crippen LogP contribution is 2.34. The van der Waals surface area contributed by atoms with Gasteiger partial charge in [0.15, 0.2) is 5.16 Å². The molecule has 0 saturated carbocycles. The summed E-state index contributed by atoms with van der Waals surface area (Å²) in [7, 11) is 2.13. The van der Waals surface area contributed by atoms with Crippen molar-refractivity contribution in [3.8, 4) is 5.69 Å². The van der Waals surface area contributed by atoms with E-state index in [0.717, 1.165) is 52.7 Å². The molecule has 0 unspecified atom stereocenters. The average Bonchev–Trinajstić information content (AvgIpc) is 3.13. The SMILES string of the molecule is CN1CCc2c(sc3nc(SCCc4ccccc4)n(-c4ccccc4)c(=O)c23)C1. The van der Waals surface area contributed by atoms with Crippen LogP contribution in [-0.4, -0.2) is 33.8 Å². The van der Waals surface area contributed by atoms with Crippen LogP contribution in [0.15, 0.2) is 70.6 Å². The second kappa shape index (κ2) is 8.38. The summed E-state index contributed by atoms with van der Waals surface area (Å²) in [5, 5.41) is 1.60. The average molecular weight is 434 g/mol. The molecule has 5 rings (SSSR count). The van der Waals surface area contributed by atoms with E-state index in [0.29, 0.717) is 0 Å². The van der Waals surface area contributed by atoms with Crippen LogP contribution in [0, 0.1) is 0 Å². The van der Waals surface area contributed by atoms with Crippen molar-refractivity contribution in [1.29, 1.82) is 0 Å². The second-order valence-electron chi connectivity index (χ2n) is 7.63. The largest absolute Gasteiger partial charge is 0.301 e. The Labute approximate surface area is 184 Å². The zero-order valence-corrected chi connectivity index (χ0v) is 18.5. The van der Waals surface area contributed by atoms with Gasteiger partial charge < -0.3 is 4.90 Å². The van der Waals surface area contributed by atoms with Crippen molar-refractivity contribution in [2.24, 2.45) is 0 Å². The summed E-state index contributed by atoms with van der Waals surface area (Å²) >= 11 is 3.35. The van der Waals surface area contributed by atoms with E-state index >= 15 is 0 Å². The number of aromatic nitrogens is 2. The summed E-state index contributed by atoms with van der Waals surface area (Å²) in [6.45, 7) is 1.88. The van der Waals surface area contributed by atoms with Gasteiger partial charge in [0.05, 0.1) is 11.1 Å². The van der Waals surface area contributed by atoms with Gasteiger partial charge >= 0.3 is 0 Å². The molecule has 1 aliphatic rings. The van der Waals surface area contributed by atoms with E-state index in [4.69, 9.17) is 4.98 Å². The molecule has 2 aromatic heterocycles. The quantitative estimate of drug-likeness (QED) is 0.336. The number of hydrogen-bond donors (Lipinski definition) is 0. The maximum Gasteiger partial charge on any atom is 0.267 e. The Hall–Kier alpha value is -2.41. The van der Waals surface area contributed by atoms with Crippen molar-refractivity contribution >= 4 is 33.3 Å². The normalized spacial score (nSPS) is 14.2. The maximum absolute atomic E-state index is 13.7. The van der Waals surface area contributed by atoms with Gasteiger partial charge in [-0.15, -0.1) is 11.3 Å². The third kappa shape index (κ3) is 3.71. The number of nitrogens with zero attached hydrogens (tertiary/aromatic N) is 3. The van der Waals surface area contributed by atoms with Gasteiger partial charge in [0, 0.05) is 23.7 Å². The molecule has 4 aromatic rings. The van der Waals surface area contributed by atoms with Crippen LogP contribution < -0.4 is 5.56 Å². The lowest BCUT2D eigenvalue weighted by molar-refractivity contribution is 0.318. The summed E-state index contributed by atoms with van der Waals surface area (Å²) in [6, 6.07) is 20.4. The van der Waals surface area contributed by atoms with Gasteiger partial charge in [-0.25, -0.2) is 4.98 Å². The summed E-state index contributed by atoms with van der Waals surface area (Å²) in [5.41, 5.74) is 3.45. The fourth-order valence-corrected chi connectivity index (χ4v) is 6.30. The van der Waals surface area contributed by atoms with Gasteiger partial charge in [-0.05, 0) is 43.1 Å². The summed E-state index contributed by atoms with van der Waals surface area (Å²) < 4.78 is 1.81. The van der Waals surface area contributed by atoms with Crippen LogP contribution in [-0.2, 0) is 19.4 Å². The Morgan fingerprint density at radius 3 is 2.57 bits per heavy atom. The minimum Gasteiger partial charge on any atom is -0.301 e. The molecule has 3 heterocycles. The molecule has 0 bridgehead atoms. The van der Waals surface area contributed by atoms with E-state index in [-0.39, 0.29) is 5.56 Å². The summed E-state index contributed by atoms with van der Waals surface area (Å²) in [4.78, 5) is 23.2. The Morgan fingerprint density at radius 2 is 1.80 bits per heavy atom. The lowest BCUT2D eigenvalue weighted by atomic mass is 10.1. The van der Waals surface area contributed by atoms with Gasteiger partial charge in [0.25, 0.3) is 5.56 Å². The number of para-hydroxylation sites is 1. The molecule has 0 N–H and O–H groups in total. The molecule has 0 atom stereocenters. The molecule has 0 fully saturated rings. The number of aryl methyl sites for hydroxylation is 1. The smallest absolute Gasteiger partial charge is 0.267 e. The highest BCUT2D eigenvalue weighted by atomic mass is 32.2. The predicted molar refractivity (Wildman–Crippen MR) is 126 cm³/mol. The first-order valence-electron chi connectivity index (χ1n) is 10.2. The zero-order valence-electron chi connectivity index (χ0n) is 16.9. The number of fused-ring (bicyclic) bond motifs is 3. The molecule has 0 saturated heterocycles. The van der Waals surface area contributed by atoms with E-state index in [9.17, 15) is 4.79 Å². The van der Waals surface area contributed by atoms with Crippen LogP contribution in [0.4, 0.5) is 0 Å². The number of thiophene rings is 1. The van der Waals surface area contributed by atoms with Crippen LogP contribution in [0.3, 0.4) is 0 Å². The number of benzene rings is 2. The monoisotopic (exact) mass is 433 g/mol. The lowest BCUT2D eigenvalue weighted by Gasteiger charge is -2.21. The van der Waals surface area contributed by atoms with E-state index in [1.54, 1.807) is 23.1 Å². The van der Waals surface area contributed by atoms with Crippen LogP contribution >= 0.6 is 23.1 Å². The van der Waals surface area contributed by atoms with E-state index in [1.165, 1.54) is 16.0 Å². The molecular formula is C24H23N3OS2. The topological polar surface area (TPSA) is 38.1 Å². The Bertz CT molecular complexity index is 1230. The van der Waals surface area contributed by atoms with Gasteiger partial charge in [0.1, 0.15) is 4.83 Å². The lowest BCUT2D eigenvalue weighted by Crippen LogP contribution is -2.27. The molecular weight excluding hydrogens is 410 g/mol. The van der Waals surface area contributed by atoms with Crippen LogP contribution in [0.1, 0.15) is 16.0 Å². The van der Waals surface area contributed by atoms with Crippen molar-refractivity contribution in [2.45, 2.75) is 24.5 Å². The standard InChI is InChI=1S/C24H23N3OS2/c1-26-14-12-19-20(16-26)30-22-21(19)23(28)27(18-10-6-3-7-11-18)24(25-22)29-15-13-17-8-4-2-5-9-17/h2-11H,12-16H2,1H3.